The van der Waals surface area contributed by atoms with Gasteiger partial charge >= 0.3 is 5.97 Å². The first-order valence-electron chi connectivity index (χ1n) is 11.7. The lowest BCUT2D eigenvalue weighted by Gasteiger charge is -2.70. The molecule has 3 heteroatoms. The smallest absolute Gasteiger partial charge is 0.318 e. The van der Waals surface area contributed by atoms with E-state index in [4.69, 9.17) is 9.47 Å². The minimum Gasteiger partial charge on any atom is -0.497 e. The van der Waals surface area contributed by atoms with Crippen LogP contribution in [0, 0.1) is 5.92 Å². The highest BCUT2D eigenvalue weighted by molar-refractivity contribution is 5.96. The molecule has 3 aliphatic rings. The summed E-state index contributed by atoms with van der Waals surface area (Å²) in [6, 6.07) is 25.5. The van der Waals surface area contributed by atoms with Crippen LogP contribution in [0.15, 0.2) is 72.8 Å². The Morgan fingerprint density at radius 2 is 1.62 bits per heavy atom. The molecule has 2 aliphatic carbocycles. The standard InChI is InChI=1S/C29H28O3/c1-19-26-24-11-4-3-9-22(24)23-10-5-6-12-25(23)29(26)27(30)32-18-8-7-17-28(19,29)20-13-15-21(31-2)16-14-20/h3-6,9-16,19,26H,7-8,17-18H2,1-2H3/t19-,26+,28-,29-/m0/s1. The molecule has 4 atom stereocenters. The first-order chi connectivity index (χ1) is 15.7. The van der Waals surface area contributed by atoms with Gasteiger partial charge in [0.1, 0.15) is 11.2 Å². The summed E-state index contributed by atoms with van der Waals surface area (Å²) in [5, 5.41) is 0. The van der Waals surface area contributed by atoms with Gasteiger partial charge < -0.3 is 9.47 Å². The van der Waals surface area contributed by atoms with Crippen molar-refractivity contribution in [2.24, 2.45) is 5.92 Å². The number of benzene rings is 3. The van der Waals surface area contributed by atoms with Gasteiger partial charge in [-0.15, -0.1) is 0 Å². The number of rotatable bonds is 2. The maximum Gasteiger partial charge on any atom is 0.318 e. The van der Waals surface area contributed by atoms with E-state index in [0.717, 1.165) is 30.6 Å². The lowest BCUT2D eigenvalue weighted by Crippen LogP contribution is -2.73. The van der Waals surface area contributed by atoms with Crippen molar-refractivity contribution in [2.75, 3.05) is 13.7 Å². The SMILES string of the molecule is COc1ccc([C@@]23CCCCOC(=O)[C@@]24c2ccccc2-c2ccccc2[C@H]4[C@@H]3C)cc1. The lowest BCUT2D eigenvalue weighted by atomic mass is 9.31. The summed E-state index contributed by atoms with van der Waals surface area (Å²) < 4.78 is 11.5. The second kappa shape index (κ2) is 6.96. The van der Waals surface area contributed by atoms with E-state index >= 15 is 0 Å². The van der Waals surface area contributed by atoms with E-state index in [2.05, 4.69) is 67.6 Å². The molecule has 1 heterocycles. The second-order valence-corrected chi connectivity index (χ2v) is 9.50. The van der Waals surface area contributed by atoms with E-state index in [1.165, 1.54) is 22.3 Å². The number of hydrogen-bond acceptors (Lipinski definition) is 3. The third-order valence-electron chi connectivity index (χ3n) is 8.51. The van der Waals surface area contributed by atoms with Gasteiger partial charge in [0, 0.05) is 11.3 Å². The molecule has 1 saturated carbocycles. The molecule has 0 unspecified atom stereocenters. The molecule has 1 spiro atoms. The van der Waals surface area contributed by atoms with Crippen LogP contribution in [0.2, 0.25) is 0 Å². The van der Waals surface area contributed by atoms with Crippen LogP contribution in [0.1, 0.15) is 48.8 Å². The zero-order chi connectivity index (χ0) is 21.9. The molecular weight excluding hydrogens is 396 g/mol. The molecule has 162 valence electrons. The third-order valence-corrected chi connectivity index (χ3v) is 8.51. The number of ether oxygens (including phenoxy) is 2. The fraction of sp³-hybridized carbons (Fsp3) is 0.345. The van der Waals surface area contributed by atoms with Crippen molar-refractivity contribution < 1.29 is 14.3 Å². The molecule has 0 bridgehead atoms. The normalized spacial score (nSPS) is 30.2. The number of fused-ring (bicyclic) bond motifs is 4. The van der Waals surface area contributed by atoms with Gasteiger partial charge in [0.15, 0.2) is 0 Å². The highest BCUT2D eigenvalue weighted by Gasteiger charge is 2.77. The van der Waals surface area contributed by atoms with Crippen molar-refractivity contribution >= 4 is 5.97 Å². The van der Waals surface area contributed by atoms with Crippen LogP contribution in [0.3, 0.4) is 0 Å². The molecule has 3 nitrogen and oxygen atoms in total. The van der Waals surface area contributed by atoms with Gasteiger partial charge in [-0.2, -0.15) is 0 Å². The number of esters is 1. The Morgan fingerprint density at radius 3 is 2.41 bits per heavy atom. The largest absolute Gasteiger partial charge is 0.497 e. The number of methoxy groups -OCH3 is 1. The van der Waals surface area contributed by atoms with E-state index in [9.17, 15) is 4.79 Å². The Bertz CT molecular complexity index is 1200. The van der Waals surface area contributed by atoms with Crippen molar-refractivity contribution in [3.8, 4) is 16.9 Å². The van der Waals surface area contributed by atoms with Gasteiger partial charge in [0.25, 0.3) is 0 Å². The van der Waals surface area contributed by atoms with E-state index < -0.39 is 5.41 Å². The number of hydrogen-bond donors (Lipinski definition) is 0. The maximum absolute atomic E-state index is 14.2. The zero-order valence-electron chi connectivity index (χ0n) is 18.6. The topological polar surface area (TPSA) is 35.5 Å². The maximum atomic E-state index is 14.2. The predicted molar refractivity (Wildman–Crippen MR) is 125 cm³/mol. The average molecular weight is 425 g/mol. The fourth-order valence-corrected chi connectivity index (χ4v) is 7.34. The molecular formula is C29H28O3. The molecule has 0 aromatic heterocycles. The highest BCUT2D eigenvalue weighted by atomic mass is 16.5. The Balaban J connectivity index is 1.69. The van der Waals surface area contributed by atoms with E-state index in [1.807, 2.05) is 12.1 Å². The summed E-state index contributed by atoms with van der Waals surface area (Å²) >= 11 is 0. The fourth-order valence-electron chi connectivity index (χ4n) is 7.34. The summed E-state index contributed by atoms with van der Waals surface area (Å²) in [5.74, 6) is 1.18. The monoisotopic (exact) mass is 424 g/mol. The molecule has 32 heavy (non-hydrogen) atoms. The van der Waals surface area contributed by atoms with Crippen molar-refractivity contribution in [3.63, 3.8) is 0 Å². The quantitative estimate of drug-likeness (QED) is 0.473. The van der Waals surface area contributed by atoms with Crippen LogP contribution in [0.25, 0.3) is 11.1 Å². The molecule has 0 radical (unpaired) electrons. The minimum atomic E-state index is -0.716. The van der Waals surface area contributed by atoms with Gasteiger partial charge in [-0.25, -0.2) is 0 Å². The molecule has 2 fully saturated rings. The van der Waals surface area contributed by atoms with E-state index in [1.54, 1.807) is 7.11 Å². The first-order valence-corrected chi connectivity index (χ1v) is 11.7. The van der Waals surface area contributed by atoms with Crippen molar-refractivity contribution in [3.05, 3.63) is 89.5 Å². The van der Waals surface area contributed by atoms with E-state index in [0.29, 0.717) is 12.5 Å². The van der Waals surface area contributed by atoms with Crippen LogP contribution >= 0.6 is 0 Å². The Hall–Kier alpha value is -3.07. The highest BCUT2D eigenvalue weighted by Crippen LogP contribution is 2.75. The first kappa shape index (κ1) is 19.6. The summed E-state index contributed by atoms with van der Waals surface area (Å²) in [6.07, 6.45) is 2.93. The predicted octanol–water partition coefficient (Wildman–Crippen LogP) is 6.01. The van der Waals surface area contributed by atoms with Crippen LogP contribution in [-0.4, -0.2) is 19.7 Å². The zero-order valence-corrected chi connectivity index (χ0v) is 18.6. The van der Waals surface area contributed by atoms with Crippen molar-refractivity contribution in [1.29, 1.82) is 0 Å². The molecule has 1 saturated heterocycles. The second-order valence-electron chi connectivity index (χ2n) is 9.50. The number of carbonyl (C=O) groups excluding carboxylic acids is 1. The average Bonchev–Trinajstić information content (AvgIpc) is 2.84. The summed E-state index contributed by atoms with van der Waals surface area (Å²) in [7, 11) is 1.69. The van der Waals surface area contributed by atoms with Gasteiger partial charge in [0.05, 0.1) is 13.7 Å². The number of carbonyl (C=O) groups is 1. The Morgan fingerprint density at radius 1 is 0.906 bits per heavy atom. The summed E-state index contributed by atoms with van der Waals surface area (Å²) in [4.78, 5) is 14.2. The van der Waals surface area contributed by atoms with Gasteiger partial charge in [-0.3, -0.25) is 4.79 Å². The minimum absolute atomic E-state index is 0.0573. The Labute approximate surface area is 189 Å². The molecule has 3 aromatic carbocycles. The van der Waals surface area contributed by atoms with Crippen LogP contribution in [0.5, 0.6) is 5.75 Å². The Kier molecular flexibility index (Phi) is 4.27. The van der Waals surface area contributed by atoms with Gasteiger partial charge in [-0.1, -0.05) is 67.6 Å². The van der Waals surface area contributed by atoms with Crippen LogP contribution in [0.4, 0.5) is 0 Å². The molecule has 0 amide bonds. The summed E-state index contributed by atoms with van der Waals surface area (Å²) in [5.41, 5.74) is 5.02. The molecule has 1 aliphatic heterocycles. The summed E-state index contributed by atoms with van der Waals surface area (Å²) in [6.45, 7) is 2.84. The van der Waals surface area contributed by atoms with Crippen LogP contribution in [-0.2, 0) is 20.4 Å². The van der Waals surface area contributed by atoms with Crippen molar-refractivity contribution in [1.82, 2.24) is 0 Å². The number of cyclic esters (lactones) is 1. The van der Waals surface area contributed by atoms with Gasteiger partial charge in [-0.05, 0) is 65.1 Å². The third kappa shape index (κ3) is 2.19. The lowest BCUT2D eigenvalue weighted by molar-refractivity contribution is -0.174. The molecule has 6 rings (SSSR count). The van der Waals surface area contributed by atoms with Crippen LogP contribution < -0.4 is 4.74 Å². The van der Waals surface area contributed by atoms with Gasteiger partial charge in [0.2, 0.25) is 0 Å². The van der Waals surface area contributed by atoms with Crippen molar-refractivity contribution in [2.45, 2.75) is 42.9 Å². The molecule has 3 aromatic rings. The van der Waals surface area contributed by atoms with E-state index in [-0.39, 0.29) is 17.3 Å². The molecule has 0 N–H and O–H groups in total.